The maximum Gasteiger partial charge on any atom is 0.0893 e. The lowest BCUT2D eigenvalue weighted by Gasteiger charge is -2.28. The Hall–Kier alpha value is -0.820. The van der Waals surface area contributed by atoms with Crippen LogP contribution in [0, 0.1) is 6.92 Å². The van der Waals surface area contributed by atoms with Crippen LogP contribution in [0.3, 0.4) is 0 Å². The lowest BCUT2D eigenvalue weighted by Crippen LogP contribution is -2.24. The van der Waals surface area contributed by atoms with E-state index in [0.29, 0.717) is 5.92 Å². The maximum absolute atomic E-state index is 10.5. The molecule has 0 saturated carbocycles. The molecule has 0 amide bonds. The predicted molar refractivity (Wildman–Crippen MR) is 69.7 cm³/mol. The van der Waals surface area contributed by atoms with E-state index in [4.69, 9.17) is 0 Å². The molecule has 0 atom stereocenters. The molecular formula is C15H24O. The molecule has 0 bridgehead atoms. The van der Waals surface area contributed by atoms with E-state index in [9.17, 15) is 5.11 Å². The molecule has 90 valence electrons. The van der Waals surface area contributed by atoms with Crippen LogP contribution in [0.5, 0.6) is 0 Å². The first-order chi connectivity index (χ1) is 7.44. The highest BCUT2D eigenvalue weighted by molar-refractivity contribution is 5.36. The molecule has 1 nitrogen and oxygen atoms in total. The summed E-state index contributed by atoms with van der Waals surface area (Å²) in [6, 6.07) is 6.44. The van der Waals surface area contributed by atoms with Gasteiger partial charge in [-0.2, -0.15) is 0 Å². The zero-order chi connectivity index (χ0) is 12.3. The molecule has 1 aromatic carbocycles. The first kappa shape index (κ1) is 13.2. The summed E-state index contributed by atoms with van der Waals surface area (Å²) in [5.74, 6) is 0.545. The largest absolute Gasteiger partial charge is 0.385 e. The fraction of sp³-hybridized carbons (Fsp3) is 0.600. The third-order valence-corrected chi connectivity index (χ3v) is 3.59. The first-order valence-electron chi connectivity index (χ1n) is 6.28. The van der Waals surface area contributed by atoms with Crippen molar-refractivity contribution in [3.8, 4) is 0 Å². The minimum absolute atomic E-state index is 0.545. The van der Waals surface area contributed by atoms with Gasteiger partial charge in [0.25, 0.3) is 0 Å². The number of aryl methyl sites for hydroxylation is 1. The zero-order valence-electron chi connectivity index (χ0n) is 11.2. The Balaban J connectivity index is 3.17. The van der Waals surface area contributed by atoms with Gasteiger partial charge in [0.15, 0.2) is 0 Å². The fourth-order valence-electron chi connectivity index (χ4n) is 2.20. The van der Waals surface area contributed by atoms with Crippen LogP contribution in [0.2, 0.25) is 0 Å². The minimum Gasteiger partial charge on any atom is -0.385 e. The van der Waals surface area contributed by atoms with E-state index in [1.165, 1.54) is 11.1 Å². The number of benzene rings is 1. The quantitative estimate of drug-likeness (QED) is 0.809. The zero-order valence-corrected chi connectivity index (χ0v) is 11.2. The Kier molecular flexibility index (Phi) is 4.15. The number of hydrogen-bond donors (Lipinski definition) is 1. The van der Waals surface area contributed by atoms with Crippen LogP contribution in [0.25, 0.3) is 0 Å². The highest BCUT2D eigenvalue weighted by Gasteiger charge is 2.26. The summed E-state index contributed by atoms with van der Waals surface area (Å²) in [5.41, 5.74) is 2.98. The SMILES string of the molecule is CCC(O)(CC)c1ccc(C(C)C)cc1C. The molecule has 0 aliphatic heterocycles. The van der Waals surface area contributed by atoms with E-state index in [2.05, 4.69) is 39.0 Å². The number of aliphatic hydroxyl groups is 1. The van der Waals surface area contributed by atoms with Crippen molar-refractivity contribution in [1.29, 1.82) is 0 Å². The summed E-state index contributed by atoms with van der Waals surface area (Å²) < 4.78 is 0. The van der Waals surface area contributed by atoms with Gasteiger partial charge in [0.1, 0.15) is 0 Å². The molecule has 1 N–H and O–H groups in total. The maximum atomic E-state index is 10.5. The van der Waals surface area contributed by atoms with Gasteiger partial charge >= 0.3 is 0 Å². The van der Waals surface area contributed by atoms with Crippen LogP contribution in [0.15, 0.2) is 18.2 Å². The van der Waals surface area contributed by atoms with Gasteiger partial charge in [-0.05, 0) is 42.4 Å². The van der Waals surface area contributed by atoms with E-state index in [0.717, 1.165) is 18.4 Å². The molecule has 0 aliphatic rings. The molecule has 0 aromatic heterocycles. The Morgan fingerprint density at radius 2 is 1.75 bits per heavy atom. The highest BCUT2D eigenvalue weighted by atomic mass is 16.3. The van der Waals surface area contributed by atoms with Gasteiger partial charge in [0, 0.05) is 0 Å². The van der Waals surface area contributed by atoms with Crippen LogP contribution in [-0.4, -0.2) is 5.11 Å². The number of hydrogen-bond acceptors (Lipinski definition) is 1. The Labute approximate surface area is 99.5 Å². The van der Waals surface area contributed by atoms with Crippen molar-refractivity contribution < 1.29 is 5.11 Å². The molecule has 0 aliphatic carbocycles. The smallest absolute Gasteiger partial charge is 0.0893 e. The van der Waals surface area contributed by atoms with Crippen molar-refractivity contribution in [3.05, 3.63) is 34.9 Å². The third-order valence-electron chi connectivity index (χ3n) is 3.59. The van der Waals surface area contributed by atoms with E-state index in [-0.39, 0.29) is 0 Å². The van der Waals surface area contributed by atoms with Crippen molar-refractivity contribution in [2.24, 2.45) is 0 Å². The normalized spacial score (nSPS) is 12.2. The van der Waals surface area contributed by atoms with Gasteiger partial charge < -0.3 is 5.11 Å². The average Bonchev–Trinajstić information content (AvgIpc) is 2.27. The molecular weight excluding hydrogens is 196 g/mol. The molecule has 0 fully saturated rings. The first-order valence-corrected chi connectivity index (χ1v) is 6.28. The van der Waals surface area contributed by atoms with Gasteiger partial charge in [0.05, 0.1) is 5.60 Å². The van der Waals surface area contributed by atoms with E-state index in [1.807, 2.05) is 13.8 Å². The van der Waals surface area contributed by atoms with Crippen LogP contribution in [0.1, 0.15) is 63.1 Å². The van der Waals surface area contributed by atoms with Crippen LogP contribution in [0.4, 0.5) is 0 Å². The van der Waals surface area contributed by atoms with E-state index >= 15 is 0 Å². The van der Waals surface area contributed by atoms with Gasteiger partial charge in [-0.1, -0.05) is 45.9 Å². The van der Waals surface area contributed by atoms with Crippen molar-refractivity contribution in [1.82, 2.24) is 0 Å². The molecule has 0 radical (unpaired) electrons. The van der Waals surface area contributed by atoms with Gasteiger partial charge in [0.2, 0.25) is 0 Å². The van der Waals surface area contributed by atoms with Gasteiger partial charge in [-0.3, -0.25) is 0 Å². The Morgan fingerprint density at radius 3 is 2.12 bits per heavy atom. The Bertz CT molecular complexity index is 348. The van der Waals surface area contributed by atoms with Crippen molar-refractivity contribution in [2.75, 3.05) is 0 Å². The van der Waals surface area contributed by atoms with Crippen molar-refractivity contribution in [3.63, 3.8) is 0 Å². The fourth-order valence-corrected chi connectivity index (χ4v) is 2.20. The summed E-state index contributed by atoms with van der Waals surface area (Å²) in [7, 11) is 0. The van der Waals surface area contributed by atoms with E-state index < -0.39 is 5.60 Å². The summed E-state index contributed by atoms with van der Waals surface area (Å²) in [4.78, 5) is 0. The topological polar surface area (TPSA) is 20.2 Å². The highest BCUT2D eigenvalue weighted by Crippen LogP contribution is 2.32. The summed E-state index contributed by atoms with van der Waals surface area (Å²) >= 11 is 0. The molecule has 0 saturated heterocycles. The van der Waals surface area contributed by atoms with E-state index in [1.54, 1.807) is 0 Å². The molecule has 1 aromatic rings. The van der Waals surface area contributed by atoms with Crippen LogP contribution in [-0.2, 0) is 5.60 Å². The standard InChI is InChI=1S/C15H24O/c1-6-15(16,7-2)14-9-8-13(11(3)4)10-12(14)5/h8-11,16H,6-7H2,1-5H3. The summed E-state index contributed by atoms with van der Waals surface area (Å²) in [6.07, 6.45) is 1.54. The lowest BCUT2D eigenvalue weighted by atomic mass is 9.84. The van der Waals surface area contributed by atoms with Crippen LogP contribution >= 0.6 is 0 Å². The Morgan fingerprint density at radius 1 is 1.19 bits per heavy atom. The molecule has 1 rings (SSSR count). The van der Waals surface area contributed by atoms with Crippen molar-refractivity contribution in [2.45, 2.75) is 59.0 Å². The molecule has 0 unspecified atom stereocenters. The summed E-state index contributed by atoms with van der Waals surface area (Å²) in [6.45, 7) is 10.6. The second kappa shape index (κ2) is 5.01. The predicted octanol–water partition coefficient (Wildman–Crippen LogP) is 4.13. The average molecular weight is 220 g/mol. The molecule has 16 heavy (non-hydrogen) atoms. The second-order valence-electron chi connectivity index (χ2n) is 4.97. The second-order valence-corrected chi connectivity index (χ2v) is 4.97. The third kappa shape index (κ3) is 2.46. The monoisotopic (exact) mass is 220 g/mol. The van der Waals surface area contributed by atoms with Gasteiger partial charge in [-0.15, -0.1) is 0 Å². The van der Waals surface area contributed by atoms with Crippen molar-refractivity contribution >= 4 is 0 Å². The molecule has 1 heteroatoms. The lowest BCUT2D eigenvalue weighted by molar-refractivity contribution is 0.0277. The minimum atomic E-state index is -0.653. The molecule has 0 heterocycles. The van der Waals surface area contributed by atoms with Crippen LogP contribution < -0.4 is 0 Å². The number of rotatable bonds is 4. The summed E-state index contributed by atoms with van der Waals surface area (Å²) in [5, 5.41) is 10.5. The van der Waals surface area contributed by atoms with Gasteiger partial charge in [-0.25, -0.2) is 0 Å². The molecule has 0 spiro atoms.